The van der Waals surface area contributed by atoms with E-state index in [0.29, 0.717) is 11.1 Å². The van der Waals surface area contributed by atoms with Crippen LogP contribution in [0.2, 0.25) is 5.02 Å². The minimum absolute atomic E-state index is 0.268. The lowest BCUT2D eigenvalue weighted by Crippen LogP contribution is -2.07. The molecule has 1 atom stereocenters. The van der Waals surface area contributed by atoms with E-state index in [1.54, 1.807) is 19.1 Å². The highest BCUT2D eigenvalue weighted by molar-refractivity contribution is 6.30. The Labute approximate surface area is 109 Å². The van der Waals surface area contributed by atoms with Crippen molar-refractivity contribution in [2.45, 2.75) is 13.0 Å². The number of hydrogen-bond donors (Lipinski definition) is 1. The first kappa shape index (κ1) is 13.0. The summed E-state index contributed by atoms with van der Waals surface area (Å²) in [5.74, 6) is -0.854. The van der Waals surface area contributed by atoms with Gasteiger partial charge >= 0.3 is 0 Å². The molecule has 0 saturated carbocycles. The van der Waals surface area contributed by atoms with E-state index in [2.05, 4.69) is 0 Å². The van der Waals surface area contributed by atoms with Crippen molar-refractivity contribution >= 4 is 11.6 Å². The van der Waals surface area contributed by atoms with E-state index in [1.165, 1.54) is 24.3 Å². The van der Waals surface area contributed by atoms with E-state index in [1.807, 2.05) is 0 Å². The van der Waals surface area contributed by atoms with Crippen LogP contribution in [0.4, 0.5) is 8.78 Å². The van der Waals surface area contributed by atoms with E-state index < -0.39 is 11.6 Å². The molecule has 0 bridgehead atoms. The summed E-state index contributed by atoms with van der Waals surface area (Å²) < 4.78 is 26.7. The van der Waals surface area contributed by atoms with Crippen molar-refractivity contribution < 1.29 is 8.78 Å². The van der Waals surface area contributed by atoms with Gasteiger partial charge in [-0.1, -0.05) is 17.7 Å². The normalized spacial score (nSPS) is 12.5. The van der Waals surface area contributed by atoms with Gasteiger partial charge in [-0.15, -0.1) is 0 Å². The predicted molar refractivity (Wildman–Crippen MR) is 69.4 cm³/mol. The van der Waals surface area contributed by atoms with Crippen LogP contribution in [0.1, 0.15) is 18.5 Å². The number of rotatable bonds is 2. The van der Waals surface area contributed by atoms with Crippen molar-refractivity contribution in [1.82, 2.24) is 0 Å². The van der Waals surface area contributed by atoms with Gasteiger partial charge in [0.15, 0.2) is 0 Å². The van der Waals surface area contributed by atoms with Gasteiger partial charge in [0, 0.05) is 11.1 Å². The Morgan fingerprint density at radius 2 is 1.78 bits per heavy atom. The van der Waals surface area contributed by atoms with E-state index in [-0.39, 0.29) is 11.1 Å². The molecule has 0 aliphatic rings. The summed E-state index contributed by atoms with van der Waals surface area (Å²) in [6.45, 7) is 1.79. The van der Waals surface area contributed by atoms with Crippen LogP contribution >= 0.6 is 11.6 Å². The maximum Gasteiger partial charge on any atom is 0.125 e. The monoisotopic (exact) mass is 267 g/mol. The lowest BCUT2D eigenvalue weighted by Gasteiger charge is -2.13. The van der Waals surface area contributed by atoms with Crippen LogP contribution in [0.25, 0.3) is 11.1 Å². The fourth-order valence-corrected chi connectivity index (χ4v) is 2.11. The Morgan fingerprint density at radius 3 is 2.39 bits per heavy atom. The van der Waals surface area contributed by atoms with Crippen molar-refractivity contribution in [3.05, 3.63) is 58.6 Å². The summed E-state index contributed by atoms with van der Waals surface area (Å²) >= 11 is 5.81. The van der Waals surface area contributed by atoms with Crippen molar-refractivity contribution in [3.8, 4) is 11.1 Å². The standard InChI is InChI=1S/C14H12ClF2N/c1-8(18)13-3-2-11(16)7-14(13)9-4-10(15)6-12(17)5-9/h2-8H,18H2,1H3. The third kappa shape index (κ3) is 2.68. The van der Waals surface area contributed by atoms with Gasteiger partial charge in [-0.2, -0.15) is 0 Å². The zero-order valence-electron chi connectivity index (χ0n) is 9.75. The van der Waals surface area contributed by atoms with Gasteiger partial charge in [0.1, 0.15) is 11.6 Å². The van der Waals surface area contributed by atoms with Crippen LogP contribution in [-0.2, 0) is 0 Å². The lowest BCUT2D eigenvalue weighted by atomic mass is 9.96. The summed E-state index contributed by atoms with van der Waals surface area (Å²) in [6.07, 6.45) is 0. The van der Waals surface area contributed by atoms with E-state index in [9.17, 15) is 8.78 Å². The molecule has 2 N–H and O–H groups in total. The van der Waals surface area contributed by atoms with E-state index >= 15 is 0 Å². The zero-order chi connectivity index (χ0) is 13.3. The Bertz CT molecular complexity index is 562. The molecule has 0 aliphatic heterocycles. The van der Waals surface area contributed by atoms with Gasteiger partial charge in [0.2, 0.25) is 0 Å². The third-order valence-electron chi connectivity index (χ3n) is 2.68. The Balaban J connectivity index is 2.65. The average molecular weight is 268 g/mol. The third-order valence-corrected chi connectivity index (χ3v) is 2.90. The fraction of sp³-hybridized carbons (Fsp3) is 0.143. The van der Waals surface area contributed by atoms with Gasteiger partial charge in [0.05, 0.1) is 0 Å². The number of nitrogens with two attached hydrogens (primary N) is 1. The highest BCUT2D eigenvalue weighted by Crippen LogP contribution is 2.30. The molecule has 0 aromatic heterocycles. The van der Waals surface area contributed by atoms with Crippen LogP contribution in [0.5, 0.6) is 0 Å². The first-order valence-electron chi connectivity index (χ1n) is 5.49. The summed E-state index contributed by atoms with van der Waals surface area (Å²) in [4.78, 5) is 0. The number of benzene rings is 2. The molecule has 0 aliphatic carbocycles. The molecule has 1 unspecified atom stereocenters. The van der Waals surface area contributed by atoms with Crippen molar-refractivity contribution in [3.63, 3.8) is 0 Å². The molecule has 94 valence electrons. The molecule has 0 heterocycles. The van der Waals surface area contributed by atoms with Crippen molar-refractivity contribution in [2.24, 2.45) is 5.73 Å². The van der Waals surface area contributed by atoms with Crippen molar-refractivity contribution in [1.29, 1.82) is 0 Å². The van der Waals surface area contributed by atoms with Crippen molar-refractivity contribution in [2.75, 3.05) is 0 Å². The SMILES string of the molecule is CC(N)c1ccc(F)cc1-c1cc(F)cc(Cl)c1. The zero-order valence-corrected chi connectivity index (χ0v) is 10.5. The summed E-state index contributed by atoms with van der Waals surface area (Å²) in [5, 5.41) is 0.268. The quantitative estimate of drug-likeness (QED) is 0.862. The molecule has 0 saturated heterocycles. The lowest BCUT2D eigenvalue weighted by molar-refractivity contribution is 0.624. The molecule has 0 fully saturated rings. The van der Waals surface area contributed by atoms with Gasteiger partial charge < -0.3 is 5.73 Å². The second-order valence-corrected chi connectivity index (χ2v) is 4.61. The first-order valence-corrected chi connectivity index (χ1v) is 5.86. The minimum Gasteiger partial charge on any atom is -0.324 e. The molecule has 1 nitrogen and oxygen atoms in total. The smallest absolute Gasteiger partial charge is 0.125 e. The average Bonchev–Trinajstić information content (AvgIpc) is 2.27. The van der Waals surface area contributed by atoms with E-state index in [0.717, 1.165) is 5.56 Å². The summed E-state index contributed by atoms with van der Waals surface area (Å²) in [5.41, 5.74) is 7.66. The Morgan fingerprint density at radius 1 is 1.06 bits per heavy atom. The number of halogens is 3. The Hall–Kier alpha value is -1.45. The molecule has 4 heteroatoms. The molecule has 0 amide bonds. The molecule has 2 rings (SSSR count). The van der Waals surface area contributed by atoms with Gasteiger partial charge in [0.25, 0.3) is 0 Å². The predicted octanol–water partition coefficient (Wildman–Crippen LogP) is 4.30. The van der Waals surface area contributed by atoms with Crippen LogP contribution in [0.15, 0.2) is 36.4 Å². The summed E-state index contributed by atoms with van der Waals surface area (Å²) in [7, 11) is 0. The van der Waals surface area contributed by atoms with Gasteiger partial charge in [-0.25, -0.2) is 8.78 Å². The van der Waals surface area contributed by atoms with Gasteiger partial charge in [-0.3, -0.25) is 0 Å². The molecule has 2 aromatic rings. The largest absolute Gasteiger partial charge is 0.324 e. The minimum atomic E-state index is -0.461. The topological polar surface area (TPSA) is 26.0 Å². The van der Waals surface area contributed by atoms with Crippen LogP contribution in [0.3, 0.4) is 0 Å². The summed E-state index contributed by atoms with van der Waals surface area (Å²) in [6, 6.07) is 8.11. The maximum absolute atomic E-state index is 13.3. The highest BCUT2D eigenvalue weighted by atomic mass is 35.5. The molecule has 0 radical (unpaired) electrons. The highest BCUT2D eigenvalue weighted by Gasteiger charge is 2.11. The first-order chi connectivity index (χ1) is 8.47. The molecular weight excluding hydrogens is 256 g/mol. The number of hydrogen-bond acceptors (Lipinski definition) is 1. The molecule has 2 aromatic carbocycles. The Kier molecular flexibility index (Phi) is 3.64. The molecule has 18 heavy (non-hydrogen) atoms. The second kappa shape index (κ2) is 5.04. The fourth-order valence-electron chi connectivity index (χ4n) is 1.88. The van der Waals surface area contributed by atoms with Crippen LogP contribution in [0, 0.1) is 11.6 Å². The van der Waals surface area contributed by atoms with Crippen LogP contribution < -0.4 is 5.73 Å². The maximum atomic E-state index is 13.3. The van der Waals surface area contributed by atoms with Crippen LogP contribution in [-0.4, -0.2) is 0 Å². The molecular formula is C14H12ClF2N. The van der Waals surface area contributed by atoms with Gasteiger partial charge in [-0.05, 0) is 53.9 Å². The molecule has 0 spiro atoms. The second-order valence-electron chi connectivity index (χ2n) is 4.18. The van der Waals surface area contributed by atoms with E-state index in [4.69, 9.17) is 17.3 Å².